The van der Waals surface area contributed by atoms with Gasteiger partial charge in [-0.1, -0.05) is 23.4 Å². The number of ether oxygens (including phenoxy) is 1. The largest absolute Gasteiger partial charge is 0.497 e. The number of rotatable bonds is 6. The highest BCUT2D eigenvalue weighted by atomic mass is 16.5. The predicted molar refractivity (Wildman–Crippen MR) is 104 cm³/mol. The molecule has 4 rings (SSSR count). The molecule has 1 amide bonds. The molecule has 28 heavy (non-hydrogen) atoms. The summed E-state index contributed by atoms with van der Waals surface area (Å²) in [7, 11) is 1.63. The highest BCUT2D eigenvalue weighted by Crippen LogP contribution is 2.33. The summed E-state index contributed by atoms with van der Waals surface area (Å²) in [6.07, 6.45) is 6.80. The van der Waals surface area contributed by atoms with E-state index in [0.29, 0.717) is 18.0 Å². The first kappa shape index (κ1) is 17.5. The van der Waals surface area contributed by atoms with Gasteiger partial charge < -0.3 is 19.6 Å². The van der Waals surface area contributed by atoms with Gasteiger partial charge in [0.15, 0.2) is 5.76 Å². The van der Waals surface area contributed by atoms with Crippen molar-refractivity contribution in [2.24, 2.45) is 0 Å². The number of H-pyrrole nitrogens is 1. The second kappa shape index (κ2) is 7.79. The summed E-state index contributed by atoms with van der Waals surface area (Å²) in [5.74, 6) is 1.16. The van der Waals surface area contributed by atoms with Crippen molar-refractivity contribution >= 4 is 5.91 Å². The van der Waals surface area contributed by atoms with Gasteiger partial charge in [0.2, 0.25) is 0 Å². The zero-order valence-corrected chi connectivity index (χ0v) is 15.2. The molecule has 0 atom stereocenters. The molecule has 0 aliphatic carbocycles. The standard InChI is InChI=1S/C21H18N4O3/c1-27-17-6-4-15(5-7-17)18-13-25-28-20(18)16-9-19(23-12-16)21(26)24-11-14-3-2-8-22-10-14/h2-10,12-13,23H,11H2,1H3,(H,24,26). The van der Waals surface area contributed by atoms with Crippen molar-refractivity contribution in [2.45, 2.75) is 6.54 Å². The minimum atomic E-state index is -0.208. The molecule has 0 aliphatic rings. The van der Waals surface area contributed by atoms with E-state index in [1.54, 1.807) is 38.0 Å². The summed E-state index contributed by atoms with van der Waals surface area (Å²) in [5.41, 5.74) is 3.90. The van der Waals surface area contributed by atoms with E-state index in [4.69, 9.17) is 9.26 Å². The van der Waals surface area contributed by atoms with Crippen LogP contribution in [0.3, 0.4) is 0 Å². The quantitative estimate of drug-likeness (QED) is 0.537. The van der Waals surface area contributed by atoms with Gasteiger partial charge in [0.05, 0.1) is 13.3 Å². The monoisotopic (exact) mass is 374 g/mol. The van der Waals surface area contributed by atoms with E-state index in [2.05, 4.69) is 20.4 Å². The molecule has 0 saturated carbocycles. The van der Waals surface area contributed by atoms with Gasteiger partial charge in [-0.25, -0.2) is 0 Å². The van der Waals surface area contributed by atoms with Crippen molar-refractivity contribution in [3.05, 3.63) is 78.5 Å². The van der Waals surface area contributed by atoms with Gasteiger partial charge in [0, 0.05) is 36.3 Å². The number of carbonyl (C=O) groups is 1. The molecule has 7 heteroatoms. The van der Waals surface area contributed by atoms with Crippen LogP contribution in [0.2, 0.25) is 0 Å². The topological polar surface area (TPSA) is 93.0 Å². The molecule has 0 fully saturated rings. The molecule has 0 spiro atoms. The fourth-order valence-electron chi connectivity index (χ4n) is 2.86. The zero-order chi connectivity index (χ0) is 19.3. The molecule has 7 nitrogen and oxygen atoms in total. The fraction of sp³-hybridized carbons (Fsp3) is 0.0952. The van der Waals surface area contributed by atoms with Crippen LogP contribution in [-0.2, 0) is 6.54 Å². The maximum Gasteiger partial charge on any atom is 0.267 e. The summed E-state index contributed by atoms with van der Waals surface area (Å²) in [5, 5.41) is 6.78. The number of benzene rings is 1. The lowest BCUT2D eigenvalue weighted by molar-refractivity contribution is 0.0946. The third-order valence-electron chi connectivity index (χ3n) is 4.34. The number of carbonyl (C=O) groups excluding carboxylic acids is 1. The maximum atomic E-state index is 12.4. The van der Waals surface area contributed by atoms with E-state index in [1.165, 1.54) is 0 Å². The van der Waals surface area contributed by atoms with Gasteiger partial charge in [0.25, 0.3) is 5.91 Å². The van der Waals surface area contributed by atoms with Crippen molar-refractivity contribution in [2.75, 3.05) is 7.11 Å². The lowest BCUT2D eigenvalue weighted by atomic mass is 10.0. The lowest BCUT2D eigenvalue weighted by Crippen LogP contribution is -2.23. The average molecular weight is 374 g/mol. The first-order chi connectivity index (χ1) is 13.7. The van der Waals surface area contributed by atoms with Crippen LogP contribution in [-0.4, -0.2) is 28.1 Å². The Morgan fingerprint density at radius 2 is 2.04 bits per heavy atom. The Hall–Kier alpha value is -3.87. The van der Waals surface area contributed by atoms with E-state index in [0.717, 1.165) is 28.0 Å². The van der Waals surface area contributed by atoms with Gasteiger partial charge >= 0.3 is 0 Å². The van der Waals surface area contributed by atoms with E-state index in [-0.39, 0.29) is 5.91 Å². The van der Waals surface area contributed by atoms with Crippen molar-refractivity contribution in [3.8, 4) is 28.2 Å². The van der Waals surface area contributed by atoms with Gasteiger partial charge in [-0.15, -0.1) is 0 Å². The predicted octanol–water partition coefficient (Wildman–Crippen LogP) is 3.67. The zero-order valence-electron chi connectivity index (χ0n) is 15.2. The number of hydrogen-bond acceptors (Lipinski definition) is 5. The third-order valence-corrected chi connectivity index (χ3v) is 4.34. The Balaban J connectivity index is 1.51. The molecule has 0 unspecified atom stereocenters. The SMILES string of the molecule is COc1ccc(-c2cnoc2-c2c[nH]c(C(=O)NCc3cccnc3)c2)cc1. The van der Waals surface area contributed by atoms with E-state index < -0.39 is 0 Å². The van der Waals surface area contributed by atoms with Crippen LogP contribution in [0.1, 0.15) is 16.1 Å². The Kier molecular flexibility index (Phi) is 4.88. The van der Waals surface area contributed by atoms with Crippen LogP contribution in [0.4, 0.5) is 0 Å². The minimum Gasteiger partial charge on any atom is -0.497 e. The number of aromatic nitrogens is 3. The molecule has 1 aromatic carbocycles. The van der Waals surface area contributed by atoms with Gasteiger partial charge in [-0.3, -0.25) is 9.78 Å². The second-order valence-corrected chi connectivity index (χ2v) is 6.14. The molecule has 0 radical (unpaired) electrons. The van der Waals surface area contributed by atoms with Crippen molar-refractivity contribution in [3.63, 3.8) is 0 Å². The van der Waals surface area contributed by atoms with Crippen LogP contribution in [0.25, 0.3) is 22.5 Å². The summed E-state index contributed by atoms with van der Waals surface area (Å²) < 4.78 is 10.6. The van der Waals surface area contributed by atoms with Crippen LogP contribution in [0.5, 0.6) is 5.75 Å². The molecule has 0 saturated heterocycles. The Morgan fingerprint density at radius 1 is 1.18 bits per heavy atom. The summed E-state index contributed by atoms with van der Waals surface area (Å²) in [6, 6.07) is 13.1. The highest BCUT2D eigenvalue weighted by molar-refractivity contribution is 5.94. The highest BCUT2D eigenvalue weighted by Gasteiger charge is 2.16. The molecule has 140 valence electrons. The first-order valence-corrected chi connectivity index (χ1v) is 8.69. The molecule has 0 aliphatic heterocycles. The van der Waals surface area contributed by atoms with Gasteiger partial charge in [-0.2, -0.15) is 0 Å². The number of pyridine rings is 1. The van der Waals surface area contributed by atoms with E-state index in [9.17, 15) is 4.79 Å². The first-order valence-electron chi connectivity index (χ1n) is 8.69. The lowest BCUT2D eigenvalue weighted by Gasteiger charge is -2.03. The molecule has 0 bridgehead atoms. The summed E-state index contributed by atoms with van der Waals surface area (Å²) >= 11 is 0. The smallest absolute Gasteiger partial charge is 0.267 e. The number of amides is 1. The van der Waals surface area contributed by atoms with Crippen molar-refractivity contribution in [1.82, 2.24) is 20.4 Å². The number of nitrogens with one attached hydrogen (secondary N) is 2. The van der Waals surface area contributed by atoms with E-state index >= 15 is 0 Å². The molecular formula is C21H18N4O3. The number of methoxy groups -OCH3 is 1. The van der Waals surface area contributed by atoms with Crippen LogP contribution in [0, 0.1) is 0 Å². The van der Waals surface area contributed by atoms with Crippen molar-refractivity contribution in [1.29, 1.82) is 0 Å². The normalized spacial score (nSPS) is 10.6. The Bertz CT molecular complexity index is 1070. The number of hydrogen-bond donors (Lipinski definition) is 2. The molecule has 3 aromatic heterocycles. The van der Waals surface area contributed by atoms with Crippen LogP contribution < -0.4 is 10.1 Å². The second-order valence-electron chi connectivity index (χ2n) is 6.14. The van der Waals surface area contributed by atoms with Crippen LogP contribution in [0.15, 0.2) is 71.8 Å². The molecule has 3 heterocycles. The van der Waals surface area contributed by atoms with E-state index in [1.807, 2.05) is 36.4 Å². The Labute approximate surface area is 161 Å². The Morgan fingerprint density at radius 3 is 2.79 bits per heavy atom. The van der Waals surface area contributed by atoms with Crippen LogP contribution >= 0.6 is 0 Å². The summed E-state index contributed by atoms with van der Waals surface area (Å²) in [4.78, 5) is 19.4. The third kappa shape index (κ3) is 3.64. The fourth-order valence-corrected chi connectivity index (χ4v) is 2.86. The number of aromatic amines is 1. The average Bonchev–Trinajstić information content (AvgIpc) is 3.42. The maximum absolute atomic E-state index is 12.4. The van der Waals surface area contributed by atoms with Gasteiger partial charge in [0.1, 0.15) is 11.4 Å². The minimum absolute atomic E-state index is 0.208. The molecular weight excluding hydrogens is 356 g/mol. The van der Waals surface area contributed by atoms with Crippen molar-refractivity contribution < 1.29 is 14.1 Å². The number of nitrogens with zero attached hydrogens (tertiary/aromatic N) is 2. The summed E-state index contributed by atoms with van der Waals surface area (Å²) in [6.45, 7) is 0.403. The van der Waals surface area contributed by atoms with Gasteiger partial charge in [-0.05, 0) is 35.4 Å². The molecule has 4 aromatic rings. The molecule has 2 N–H and O–H groups in total.